The fourth-order valence-corrected chi connectivity index (χ4v) is 12.1. The Labute approximate surface area is 527 Å². The minimum absolute atomic E-state index is 0.180. The van der Waals surface area contributed by atoms with Crippen LogP contribution in [-0.2, 0) is 23.7 Å². The summed E-state index contributed by atoms with van der Waals surface area (Å²) in [4.78, 5) is 6.93. The highest BCUT2D eigenvalue weighted by atomic mass is 16.5. The van der Waals surface area contributed by atoms with Crippen LogP contribution in [0.5, 0.6) is 0 Å². The third-order valence-electron chi connectivity index (χ3n) is 17.1. The van der Waals surface area contributed by atoms with Crippen LogP contribution in [0.4, 0.5) is 0 Å². The Morgan fingerprint density at radius 3 is 0.588 bits per heavy atom. The Balaban J connectivity index is 5.94. The minimum atomic E-state index is -0.625. The third kappa shape index (κ3) is 52.8. The van der Waals surface area contributed by atoms with Crippen molar-refractivity contribution in [3.05, 3.63) is 0 Å². The molecule has 0 spiro atoms. The molecule has 10 unspecified atom stereocenters. The van der Waals surface area contributed by atoms with Crippen molar-refractivity contribution in [3.8, 4) is 0 Å². The van der Waals surface area contributed by atoms with Crippen molar-refractivity contribution in [2.24, 2.45) is 0 Å². The zero-order valence-electron chi connectivity index (χ0n) is 58.2. The van der Waals surface area contributed by atoms with Gasteiger partial charge in [0.05, 0.1) is 94.1 Å². The first-order valence-electron chi connectivity index (χ1n) is 37.0. The molecule has 0 radical (unpaired) electrons. The summed E-state index contributed by atoms with van der Waals surface area (Å²) < 4.78 is 31.7. The molecule has 13 heteroatoms. The number of aliphatic hydroxyl groups is 5. The van der Waals surface area contributed by atoms with E-state index in [0.29, 0.717) is 65.8 Å². The molecule has 0 aromatic rings. The molecule has 5 N–H and O–H groups in total. The molecular weight excluding hydrogens is 1070 g/mol. The molecule has 0 aliphatic carbocycles. The van der Waals surface area contributed by atoms with E-state index < -0.39 is 30.5 Å². The number of hydrogen-bond donors (Lipinski definition) is 5. The predicted octanol–water partition coefficient (Wildman–Crippen LogP) is 15.6. The lowest BCUT2D eigenvalue weighted by molar-refractivity contribution is -0.0460. The summed E-state index contributed by atoms with van der Waals surface area (Å²) in [5.74, 6) is 0. The molecule has 0 rings (SSSR count). The average Bonchev–Trinajstić information content (AvgIpc) is 3.52. The SMILES string of the molecule is CCCCCC(CCC)OCC(O)CN(CCCCCCN(CC(O)COC(CCC)CCCCC)CC(O)COC(CCC)CCCCC)CCCCCCN(CC(O)COC(CCC)CCCCC)CC(O)COC(CCC)CCCCC. The largest absolute Gasteiger partial charge is 0.389 e. The molecule has 0 bridgehead atoms. The predicted molar refractivity (Wildman–Crippen MR) is 360 cm³/mol. The van der Waals surface area contributed by atoms with Crippen molar-refractivity contribution in [2.45, 2.75) is 374 Å². The van der Waals surface area contributed by atoms with Gasteiger partial charge < -0.3 is 54.1 Å². The highest BCUT2D eigenvalue weighted by molar-refractivity contribution is 4.75. The van der Waals surface area contributed by atoms with Crippen LogP contribution in [-0.4, -0.2) is 193 Å². The van der Waals surface area contributed by atoms with Crippen LogP contribution in [0.1, 0.15) is 313 Å². The number of ether oxygens (including phenoxy) is 5. The van der Waals surface area contributed by atoms with Gasteiger partial charge in [0, 0.05) is 32.7 Å². The lowest BCUT2D eigenvalue weighted by Gasteiger charge is -2.29. The monoisotopic (exact) mass is 1220 g/mol. The summed E-state index contributed by atoms with van der Waals surface area (Å²) in [6, 6.07) is 0. The molecule has 0 amide bonds. The fourth-order valence-electron chi connectivity index (χ4n) is 12.1. The van der Waals surface area contributed by atoms with Crippen LogP contribution >= 0.6 is 0 Å². The summed E-state index contributed by atoms with van der Waals surface area (Å²) in [7, 11) is 0. The first kappa shape index (κ1) is 84.5. The third-order valence-corrected chi connectivity index (χ3v) is 17.1. The normalized spacial score (nSPS) is 15.9. The van der Waals surface area contributed by atoms with E-state index in [2.05, 4.69) is 83.9 Å². The van der Waals surface area contributed by atoms with Crippen molar-refractivity contribution in [1.82, 2.24) is 14.7 Å². The van der Waals surface area contributed by atoms with Crippen LogP contribution in [0, 0.1) is 0 Å². The second kappa shape index (κ2) is 62.3. The lowest BCUT2D eigenvalue weighted by atomic mass is 10.1. The van der Waals surface area contributed by atoms with Crippen molar-refractivity contribution in [1.29, 1.82) is 0 Å². The van der Waals surface area contributed by atoms with Gasteiger partial charge in [-0.2, -0.15) is 0 Å². The highest BCUT2D eigenvalue weighted by Gasteiger charge is 2.23. The second-order valence-electron chi connectivity index (χ2n) is 26.1. The van der Waals surface area contributed by atoms with Gasteiger partial charge in [0.15, 0.2) is 0 Å². The van der Waals surface area contributed by atoms with Gasteiger partial charge in [-0.1, -0.05) is 223 Å². The van der Waals surface area contributed by atoms with Crippen molar-refractivity contribution in [3.63, 3.8) is 0 Å². The molecule has 13 nitrogen and oxygen atoms in total. The summed E-state index contributed by atoms with van der Waals surface area (Å²) in [6.45, 7) is 29.7. The van der Waals surface area contributed by atoms with Crippen LogP contribution in [0.2, 0.25) is 0 Å². The maximum Gasteiger partial charge on any atom is 0.0900 e. The van der Waals surface area contributed by atoms with E-state index >= 15 is 0 Å². The van der Waals surface area contributed by atoms with Gasteiger partial charge in [0.1, 0.15) is 0 Å². The second-order valence-corrected chi connectivity index (χ2v) is 26.1. The van der Waals surface area contributed by atoms with E-state index in [9.17, 15) is 25.5 Å². The Morgan fingerprint density at radius 1 is 0.212 bits per heavy atom. The van der Waals surface area contributed by atoms with E-state index in [0.717, 1.165) is 200 Å². The van der Waals surface area contributed by atoms with E-state index in [4.69, 9.17) is 23.7 Å². The smallest absolute Gasteiger partial charge is 0.0900 e. The van der Waals surface area contributed by atoms with Gasteiger partial charge in [-0.3, -0.25) is 9.80 Å². The van der Waals surface area contributed by atoms with Crippen molar-refractivity contribution >= 4 is 0 Å². The van der Waals surface area contributed by atoms with E-state index in [-0.39, 0.29) is 30.5 Å². The fraction of sp³-hybridized carbons (Fsp3) is 1.00. The van der Waals surface area contributed by atoms with E-state index in [1.165, 1.54) is 70.6 Å². The Hall–Kier alpha value is -0.520. The maximum absolute atomic E-state index is 11.5. The number of nitrogens with zero attached hydrogens (tertiary/aromatic N) is 3. The number of rotatable bonds is 69. The molecule has 0 fully saturated rings. The summed E-state index contributed by atoms with van der Waals surface area (Å²) in [6.07, 6.45) is 39.5. The molecule has 0 aromatic carbocycles. The van der Waals surface area contributed by atoms with Crippen molar-refractivity contribution < 1.29 is 49.2 Å². The molecule has 85 heavy (non-hydrogen) atoms. The lowest BCUT2D eigenvalue weighted by Crippen LogP contribution is -2.42. The first-order chi connectivity index (χ1) is 41.3. The topological polar surface area (TPSA) is 157 Å². The molecule has 0 aliphatic rings. The average molecular weight is 1220 g/mol. The number of hydrogen-bond acceptors (Lipinski definition) is 13. The molecule has 0 saturated carbocycles. The van der Waals surface area contributed by atoms with Gasteiger partial charge >= 0.3 is 0 Å². The van der Waals surface area contributed by atoms with Gasteiger partial charge in [-0.25, -0.2) is 0 Å². The quantitative estimate of drug-likeness (QED) is 0.0367. The molecular formula is C72H149N3O10. The van der Waals surface area contributed by atoms with Crippen molar-refractivity contribution in [2.75, 3.05) is 91.9 Å². The van der Waals surface area contributed by atoms with Crippen LogP contribution in [0.3, 0.4) is 0 Å². The van der Waals surface area contributed by atoms with Crippen LogP contribution < -0.4 is 0 Å². The molecule has 10 atom stereocenters. The molecule has 512 valence electrons. The number of unbranched alkanes of at least 4 members (excludes halogenated alkanes) is 16. The summed E-state index contributed by atoms with van der Waals surface area (Å²) in [5.41, 5.74) is 0. The Bertz CT molecular complexity index is 1180. The summed E-state index contributed by atoms with van der Waals surface area (Å²) >= 11 is 0. The maximum atomic E-state index is 11.5. The molecule has 0 aliphatic heterocycles. The van der Waals surface area contributed by atoms with Gasteiger partial charge in [-0.05, 0) is 116 Å². The van der Waals surface area contributed by atoms with Gasteiger partial charge in [0.25, 0.3) is 0 Å². The first-order valence-corrected chi connectivity index (χ1v) is 37.0. The highest BCUT2D eigenvalue weighted by Crippen LogP contribution is 2.19. The summed E-state index contributed by atoms with van der Waals surface area (Å²) in [5, 5.41) is 56.9. The van der Waals surface area contributed by atoms with Gasteiger partial charge in [0.2, 0.25) is 0 Å². The van der Waals surface area contributed by atoms with Crippen LogP contribution in [0.15, 0.2) is 0 Å². The number of aliphatic hydroxyl groups excluding tert-OH is 5. The zero-order valence-corrected chi connectivity index (χ0v) is 58.2. The van der Waals surface area contributed by atoms with E-state index in [1.54, 1.807) is 0 Å². The minimum Gasteiger partial charge on any atom is -0.389 e. The van der Waals surface area contributed by atoms with Gasteiger partial charge in [-0.15, -0.1) is 0 Å². The standard InChI is InChI=1S/C72H149N3O10/c1-11-21-30-44-68(39-16-6)81-58-63(76)53-73(49-35-26-28-37-51-74(54-64(77)59-82-69(40-17-7)45-31-22-12-2)55-65(78)60-83-70(41-18-8)46-32-23-13-3)50-36-27-29-38-52-75(56-66(79)61-84-71(42-19-9)47-33-24-14-4)57-67(80)62-85-72(43-20-10)48-34-25-15-5/h63-72,76-80H,11-62H2,1-10H3. The van der Waals surface area contributed by atoms with Crippen LogP contribution in [0.25, 0.3) is 0 Å². The Kier molecular flexibility index (Phi) is 61.9. The molecule has 0 aromatic heterocycles. The van der Waals surface area contributed by atoms with E-state index in [1.807, 2.05) is 0 Å². The zero-order chi connectivity index (χ0) is 62.8. The Morgan fingerprint density at radius 2 is 0.400 bits per heavy atom. The molecule has 0 heterocycles. The molecule has 0 saturated heterocycles.